The molecule has 1 saturated carbocycles. The minimum Gasteiger partial charge on any atom is -0.288 e. The van der Waals surface area contributed by atoms with Crippen LogP contribution in [-0.4, -0.2) is 20.8 Å². The van der Waals surface area contributed by atoms with Gasteiger partial charge in [-0.25, -0.2) is 9.97 Å². The first-order chi connectivity index (χ1) is 9.20. The van der Waals surface area contributed by atoms with Crippen LogP contribution in [0.25, 0.3) is 11.0 Å². The molecule has 2 aromatic rings. The van der Waals surface area contributed by atoms with Crippen LogP contribution in [0.5, 0.6) is 0 Å². The lowest BCUT2D eigenvalue weighted by molar-refractivity contribution is 0.513. The van der Waals surface area contributed by atoms with Crippen molar-refractivity contribution in [1.82, 2.24) is 14.5 Å². The molecule has 0 saturated heterocycles. The van der Waals surface area contributed by atoms with Gasteiger partial charge in [-0.1, -0.05) is 24.6 Å². The van der Waals surface area contributed by atoms with E-state index in [0.29, 0.717) is 9.63 Å². The van der Waals surface area contributed by atoms with E-state index in [0.717, 1.165) is 23.9 Å². The molecule has 6 heteroatoms. The molecule has 0 amide bonds. The van der Waals surface area contributed by atoms with Crippen molar-refractivity contribution >= 4 is 38.7 Å². The zero-order chi connectivity index (χ0) is 13.4. The summed E-state index contributed by atoms with van der Waals surface area (Å²) in [5.41, 5.74) is 0.782. The number of halogens is 1. The van der Waals surface area contributed by atoms with E-state index in [9.17, 15) is 4.79 Å². The van der Waals surface area contributed by atoms with Crippen LogP contribution < -0.4 is 5.56 Å². The summed E-state index contributed by atoms with van der Waals surface area (Å²) in [6, 6.07) is 2.09. The van der Waals surface area contributed by atoms with E-state index in [4.69, 9.17) is 0 Å². The lowest BCUT2D eigenvalue weighted by Gasteiger charge is -2.16. The second-order valence-electron chi connectivity index (χ2n) is 4.74. The predicted molar refractivity (Wildman–Crippen MR) is 80.8 cm³/mol. The molecule has 0 aromatic carbocycles. The van der Waals surface area contributed by atoms with Crippen LogP contribution in [-0.2, 0) is 0 Å². The second kappa shape index (κ2) is 5.25. The minimum atomic E-state index is 0.0187. The van der Waals surface area contributed by atoms with Gasteiger partial charge in [0.25, 0.3) is 5.56 Å². The van der Waals surface area contributed by atoms with Crippen molar-refractivity contribution in [1.29, 1.82) is 0 Å². The van der Waals surface area contributed by atoms with Crippen molar-refractivity contribution in [3.8, 4) is 0 Å². The van der Waals surface area contributed by atoms with E-state index in [2.05, 4.69) is 25.9 Å². The van der Waals surface area contributed by atoms with Crippen LogP contribution in [0.1, 0.15) is 31.7 Å². The Labute approximate surface area is 123 Å². The number of pyridine rings is 1. The fourth-order valence-corrected chi connectivity index (χ4v) is 3.44. The zero-order valence-electron chi connectivity index (χ0n) is 10.6. The van der Waals surface area contributed by atoms with Crippen molar-refractivity contribution < 1.29 is 0 Å². The molecule has 0 radical (unpaired) electrons. The Morgan fingerprint density at radius 1 is 1.42 bits per heavy atom. The second-order valence-corrected chi connectivity index (χ2v) is 6.37. The van der Waals surface area contributed by atoms with E-state index >= 15 is 0 Å². The molecule has 1 aliphatic rings. The molecular weight excluding hydrogens is 326 g/mol. The van der Waals surface area contributed by atoms with Gasteiger partial charge in [0.15, 0.2) is 5.16 Å². The van der Waals surface area contributed by atoms with Gasteiger partial charge in [0.1, 0.15) is 5.65 Å². The normalized spacial score (nSPS) is 16.3. The van der Waals surface area contributed by atoms with Crippen molar-refractivity contribution in [2.75, 3.05) is 6.26 Å². The summed E-state index contributed by atoms with van der Waals surface area (Å²) in [4.78, 5) is 21.2. The molecule has 0 N–H and O–H groups in total. The van der Waals surface area contributed by atoms with Gasteiger partial charge in [-0.05, 0) is 41.1 Å². The molecular formula is C13H14BrN3OS. The van der Waals surface area contributed by atoms with Gasteiger partial charge in [0.2, 0.25) is 0 Å². The number of fused-ring (bicyclic) bond motifs is 1. The van der Waals surface area contributed by atoms with Crippen molar-refractivity contribution in [2.24, 2.45) is 0 Å². The topological polar surface area (TPSA) is 47.8 Å². The third-order valence-corrected chi connectivity index (χ3v) is 4.71. The highest BCUT2D eigenvalue weighted by molar-refractivity contribution is 9.10. The number of aromatic nitrogens is 3. The summed E-state index contributed by atoms with van der Waals surface area (Å²) in [5.74, 6) is 0. The quantitative estimate of drug-likeness (QED) is 0.621. The van der Waals surface area contributed by atoms with Crippen LogP contribution in [0.4, 0.5) is 0 Å². The minimum absolute atomic E-state index is 0.0187. The molecule has 1 fully saturated rings. The Morgan fingerprint density at radius 2 is 2.16 bits per heavy atom. The largest absolute Gasteiger partial charge is 0.288 e. The molecule has 3 rings (SSSR count). The number of hydrogen-bond donors (Lipinski definition) is 0. The Morgan fingerprint density at radius 3 is 2.84 bits per heavy atom. The van der Waals surface area contributed by atoms with Crippen molar-refractivity contribution in [2.45, 2.75) is 36.9 Å². The summed E-state index contributed by atoms with van der Waals surface area (Å²) in [7, 11) is 0. The van der Waals surface area contributed by atoms with E-state index in [1.54, 1.807) is 6.20 Å². The fraction of sp³-hybridized carbons (Fsp3) is 0.462. The van der Waals surface area contributed by atoms with Gasteiger partial charge in [-0.3, -0.25) is 9.36 Å². The van der Waals surface area contributed by atoms with Crippen LogP contribution in [0, 0.1) is 0 Å². The average Bonchev–Trinajstić information content (AvgIpc) is 2.93. The van der Waals surface area contributed by atoms with Gasteiger partial charge >= 0.3 is 0 Å². The molecule has 2 aromatic heterocycles. The average molecular weight is 340 g/mol. The van der Waals surface area contributed by atoms with Crippen molar-refractivity contribution in [3.63, 3.8) is 0 Å². The van der Waals surface area contributed by atoms with Gasteiger partial charge < -0.3 is 0 Å². The first-order valence-electron chi connectivity index (χ1n) is 6.32. The molecule has 19 heavy (non-hydrogen) atoms. The highest BCUT2D eigenvalue weighted by Crippen LogP contribution is 2.31. The first kappa shape index (κ1) is 13.1. The highest BCUT2D eigenvalue weighted by atomic mass is 79.9. The molecule has 2 heterocycles. The number of thioether (sulfide) groups is 1. The van der Waals surface area contributed by atoms with Gasteiger partial charge in [0, 0.05) is 17.6 Å². The summed E-state index contributed by atoms with van der Waals surface area (Å²) in [6.45, 7) is 0. The van der Waals surface area contributed by atoms with E-state index in [-0.39, 0.29) is 11.6 Å². The van der Waals surface area contributed by atoms with Crippen LogP contribution in [0.2, 0.25) is 0 Å². The molecule has 0 bridgehead atoms. The Kier molecular flexibility index (Phi) is 3.62. The Bertz CT molecular complexity index is 679. The van der Waals surface area contributed by atoms with Gasteiger partial charge in [0.05, 0.1) is 4.47 Å². The maximum atomic E-state index is 12.4. The molecule has 0 aliphatic heterocycles. The summed E-state index contributed by atoms with van der Waals surface area (Å²) in [5, 5.41) is 1.62. The number of nitrogens with zero attached hydrogens (tertiary/aromatic N) is 3. The van der Waals surface area contributed by atoms with Crippen LogP contribution >= 0.6 is 27.7 Å². The summed E-state index contributed by atoms with van der Waals surface area (Å²) >= 11 is 4.85. The molecule has 100 valence electrons. The van der Waals surface area contributed by atoms with Crippen molar-refractivity contribution in [3.05, 3.63) is 27.1 Å². The third kappa shape index (κ3) is 2.31. The maximum Gasteiger partial charge on any atom is 0.266 e. The molecule has 0 atom stereocenters. The molecule has 4 nitrogen and oxygen atoms in total. The number of rotatable bonds is 2. The lowest BCUT2D eigenvalue weighted by Crippen LogP contribution is -2.25. The number of hydrogen-bond acceptors (Lipinski definition) is 4. The van der Waals surface area contributed by atoms with E-state index < -0.39 is 0 Å². The predicted octanol–water partition coefficient (Wildman–Crippen LogP) is 3.39. The van der Waals surface area contributed by atoms with Gasteiger partial charge in [-0.2, -0.15) is 0 Å². The molecule has 0 spiro atoms. The monoisotopic (exact) mass is 339 g/mol. The van der Waals surface area contributed by atoms with E-state index in [1.807, 2.05) is 16.9 Å². The van der Waals surface area contributed by atoms with E-state index in [1.165, 1.54) is 24.6 Å². The smallest absolute Gasteiger partial charge is 0.266 e. The Hall–Kier alpha value is -0.880. The van der Waals surface area contributed by atoms with Crippen LogP contribution in [0.15, 0.2) is 26.7 Å². The maximum absolute atomic E-state index is 12.4. The van der Waals surface area contributed by atoms with Gasteiger partial charge in [-0.15, -0.1) is 0 Å². The fourth-order valence-electron chi connectivity index (χ4n) is 2.67. The zero-order valence-corrected chi connectivity index (χ0v) is 13.0. The molecule has 1 aliphatic carbocycles. The Balaban J connectivity index is 2.31. The summed E-state index contributed by atoms with van der Waals surface area (Å²) in [6.07, 6.45) is 8.23. The first-order valence-corrected chi connectivity index (χ1v) is 8.34. The highest BCUT2D eigenvalue weighted by Gasteiger charge is 2.22. The summed E-state index contributed by atoms with van der Waals surface area (Å²) < 4.78 is 2.45. The standard InChI is InChI=1S/C13H14BrN3OS/c1-19-13-15-7-8-6-10(14)12(18)17(11(8)16-13)9-4-2-3-5-9/h6-7,9H,2-5H2,1H3. The van der Waals surface area contributed by atoms with Crippen LogP contribution in [0.3, 0.4) is 0 Å². The SMILES string of the molecule is CSc1ncc2cc(Br)c(=O)n(C3CCCC3)c2n1. The molecule has 0 unspecified atom stereocenters. The third-order valence-electron chi connectivity index (χ3n) is 3.58. The lowest BCUT2D eigenvalue weighted by atomic mass is 10.2.